The van der Waals surface area contributed by atoms with Crippen LogP contribution in [0.1, 0.15) is 73.3 Å². The maximum Gasteiger partial charge on any atom is 0.407 e. The molecule has 0 saturated carbocycles. The second-order valence-corrected chi connectivity index (χ2v) is 12.1. The number of aliphatic hydroxyl groups is 1. The molecule has 2 amide bonds. The summed E-state index contributed by atoms with van der Waals surface area (Å²) >= 11 is 0. The van der Waals surface area contributed by atoms with Gasteiger partial charge in [0.05, 0.1) is 51.3 Å². The molecule has 11 nitrogen and oxygen atoms in total. The van der Waals surface area contributed by atoms with Crippen molar-refractivity contribution in [2.75, 3.05) is 46.1 Å². The van der Waals surface area contributed by atoms with Crippen LogP contribution in [0.3, 0.4) is 0 Å². The first-order valence-corrected chi connectivity index (χ1v) is 14.9. The van der Waals surface area contributed by atoms with E-state index in [1.165, 1.54) is 0 Å². The Kier molecular flexibility index (Phi) is 18.5. The number of aliphatic hydroxyl groups excluding tert-OH is 1. The highest BCUT2D eigenvalue weighted by atomic mass is 16.6. The van der Waals surface area contributed by atoms with Crippen molar-refractivity contribution < 1.29 is 38.4 Å². The van der Waals surface area contributed by atoms with E-state index < -0.39 is 23.8 Å². The summed E-state index contributed by atoms with van der Waals surface area (Å²) in [6.07, 6.45) is 0.516. The van der Waals surface area contributed by atoms with E-state index in [0.29, 0.717) is 52.4 Å². The van der Waals surface area contributed by atoms with E-state index in [-0.39, 0.29) is 30.9 Å². The second-order valence-electron chi connectivity index (χ2n) is 12.1. The van der Waals surface area contributed by atoms with Crippen molar-refractivity contribution >= 4 is 12.0 Å². The number of hydrogen-bond donors (Lipinski definition) is 4. The molecule has 0 spiro atoms. The first-order valence-electron chi connectivity index (χ1n) is 14.9. The molecule has 0 radical (unpaired) electrons. The van der Waals surface area contributed by atoms with Gasteiger partial charge < -0.3 is 39.4 Å². The van der Waals surface area contributed by atoms with Crippen LogP contribution >= 0.6 is 0 Å². The van der Waals surface area contributed by atoms with Crippen molar-refractivity contribution in [1.82, 2.24) is 16.0 Å². The van der Waals surface area contributed by atoms with Gasteiger partial charge in [-0.3, -0.25) is 10.1 Å². The SMILES string of the molecule is CC(N[C@@H](CCCCNC(=O)OC(C)(C)C)C(=O)NCCOCCOC[C@H](O)COCc1ccccc1)OC(C)(C)C. The molecule has 1 rings (SSSR count). The van der Waals surface area contributed by atoms with Crippen LogP contribution in [0.2, 0.25) is 0 Å². The number of alkyl carbamates (subject to hydrolysis) is 1. The molecule has 3 atom stereocenters. The zero-order valence-electron chi connectivity index (χ0n) is 26.7. The quantitative estimate of drug-likeness (QED) is 0.124. The molecular formula is C31H55N3O8. The van der Waals surface area contributed by atoms with E-state index in [9.17, 15) is 14.7 Å². The van der Waals surface area contributed by atoms with Crippen LogP contribution in [0.5, 0.6) is 0 Å². The van der Waals surface area contributed by atoms with Crippen LogP contribution < -0.4 is 16.0 Å². The smallest absolute Gasteiger partial charge is 0.407 e. The lowest BCUT2D eigenvalue weighted by Gasteiger charge is -2.29. The Hall–Kier alpha value is -2.28. The van der Waals surface area contributed by atoms with E-state index in [0.717, 1.165) is 12.0 Å². The monoisotopic (exact) mass is 597 g/mol. The number of nitrogens with one attached hydrogen (secondary N) is 3. The number of unbranched alkanes of at least 4 members (excludes halogenated alkanes) is 1. The van der Waals surface area contributed by atoms with Crippen molar-refractivity contribution in [3.05, 3.63) is 35.9 Å². The standard InChI is InChI=1S/C31H55N3O8/c1-24(41-30(2,3)4)34-27(15-11-12-16-33-29(37)42-31(5,6)7)28(36)32-17-18-38-19-20-39-22-26(35)23-40-21-25-13-9-8-10-14-25/h8-10,13-14,24,26-27,34-35H,11-12,15-23H2,1-7H3,(H,32,36)(H,33,37)/t24?,26-,27-/m0/s1. The largest absolute Gasteiger partial charge is 0.444 e. The summed E-state index contributed by atoms with van der Waals surface area (Å²) in [5.74, 6) is -0.141. The highest BCUT2D eigenvalue weighted by Crippen LogP contribution is 2.11. The molecule has 0 heterocycles. The molecule has 0 saturated heterocycles. The van der Waals surface area contributed by atoms with Gasteiger partial charge in [-0.15, -0.1) is 0 Å². The van der Waals surface area contributed by atoms with Gasteiger partial charge >= 0.3 is 6.09 Å². The van der Waals surface area contributed by atoms with Crippen molar-refractivity contribution in [3.8, 4) is 0 Å². The lowest BCUT2D eigenvalue weighted by Crippen LogP contribution is -2.50. The predicted molar refractivity (Wildman–Crippen MR) is 162 cm³/mol. The van der Waals surface area contributed by atoms with Gasteiger partial charge in [-0.2, -0.15) is 0 Å². The number of carbonyl (C=O) groups excluding carboxylic acids is 2. The van der Waals surface area contributed by atoms with Crippen molar-refractivity contribution in [3.63, 3.8) is 0 Å². The first-order chi connectivity index (χ1) is 19.7. The normalized spacial score (nSPS) is 14.2. The van der Waals surface area contributed by atoms with Crippen molar-refractivity contribution in [2.45, 2.75) is 104 Å². The molecule has 4 N–H and O–H groups in total. The summed E-state index contributed by atoms with van der Waals surface area (Å²) in [6, 6.07) is 9.31. The molecule has 0 aromatic heterocycles. The Balaban J connectivity index is 2.26. The summed E-state index contributed by atoms with van der Waals surface area (Å²) in [6.45, 7) is 15.8. The third kappa shape index (κ3) is 21.4. The predicted octanol–water partition coefficient (Wildman–Crippen LogP) is 3.53. The van der Waals surface area contributed by atoms with Gasteiger partial charge in [-0.05, 0) is 73.3 Å². The van der Waals surface area contributed by atoms with E-state index in [1.54, 1.807) is 0 Å². The zero-order chi connectivity index (χ0) is 31.4. The molecule has 0 aliphatic rings. The molecule has 1 unspecified atom stereocenters. The third-order valence-corrected chi connectivity index (χ3v) is 5.52. The summed E-state index contributed by atoms with van der Waals surface area (Å²) in [5.41, 5.74) is 0.150. The fourth-order valence-electron chi connectivity index (χ4n) is 3.86. The number of rotatable bonds is 21. The number of amides is 2. The minimum atomic E-state index is -0.713. The van der Waals surface area contributed by atoms with E-state index in [2.05, 4.69) is 16.0 Å². The topological polar surface area (TPSA) is 137 Å². The molecule has 1 aromatic carbocycles. The van der Waals surface area contributed by atoms with Gasteiger partial charge in [0, 0.05) is 13.1 Å². The van der Waals surface area contributed by atoms with Gasteiger partial charge in [0.25, 0.3) is 0 Å². The van der Waals surface area contributed by atoms with Gasteiger partial charge in [-0.25, -0.2) is 4.79 Å². The number of ether oxygens (including phenoxy) is 5. The lowest BCUT2D eigenvalue weighted by atomic mass is 10.1. The third-order valence-electron chi connectivity index (χ3n) is 5.52. The van der Waals surface area contributed by atoms with E-state index in [4.69, 9.17) is 23.7 Å². The molecule has 0 aliphatic heterocycles. The maximum atomic E-state index is 12.9. The molecule has 1 aromatic rings. The van der Waals surface area contributed by atoms with E-state index >= 15 is 0 Å². The first kappa shape index (κ1) is 37.7. The van der Waals surface area contributed by atoms with Crippen LogP contribution in [0.4, 0.5) is 4.79 Å². The van der Waals surface area contributed by atoms with Crippen molar-refractivity contribution in [1.29, 1.82) is 0 Å². The minimum absolute atomic E-state index is 0.141. The van der Waals surface area contributed by atoms with Crippen LogP contribution in [0.25, 0.3) is 0 Å². The Morgan fingerprint density at radius 1 is 0.833 bits per heavy atom. The summed E-state index contributed by atoms with van der Waals surface area (Å²) in [7, 11) is 0. The fraction of sp³-hybridized carbons (Fsp3) is 0.742. The molecular weight excluding hydrogens is 542 g/mol. The highest BCUT2D eigenvalue weighted by molar-refractivity contribution is 5.81. The molecule has 11 heteroatoms. The zero-order valence-corrected chi connectivity index (χ0v) is 26.7. The Labute approximate surface area is 252 Å². The van der Waals surface area contributed by atoms with Crippen molar-refractivity contribution in [2.24, 2.45) is 0 Å². The molecule has 242 valence electrons. The molecule has 42 heavy (non-hydrogen) atoms. The Morgan fingerprint density at radius 2 is 1.50 bits per heavy atom. The second kappa shape index (κ2) is 20.6. The molecule has 0 bridgehead atoms. The van der Waals surface area contributed by atoms with E-state index in [1.807, 2.05) is 78.8 Å². The summed E-state index contributed by atoms with van der Waals surface area (Å²) < 4.78 is 27.7. The van der Waals surface area contributed by atoms with Gasteiger partial charge in [-0.1, -0.05) is 30.3 Å². The Bertz CT molecular complexity index is 858. The highest BCUT2D eigenvalue weighted by Gasteiger charge is 2.23. The number of benzene rings is 1. The fourth-order valence-corrected chi connectivity index (χ4v) is 3.86. The van der Waals surface area contributed by atoms with Crippen LogP contribution in [-0.2, 0) is 35.1 Å². The maximum absolute atomic E-state index is 12.9. The van der Waals surface area contributed by atoms with Gasteiger partial charge in [0.15, 0.2) is 0 Å². The summed E-state index contributed by atoms with van der Waals surface area (Å²) in [4.78, 5) is 24.7. The lowest BCUT2D eigenvalue weighted by molar-refractivity contribution is -0.127. The molecule has 0 fully saturated rings. The number of hydrogen-bond acceptors (Lipinski definition) is 9. The Morgan fingerprint density at radius 3 is 2.17 bits per heavy atom. The molecule has 0 aliphatic carbocycles. The average molecular weight is 598 g/mol. The van der Waals surface area contributed by atoms with Crippen LogP contribution in [0.15, 0.2) is 30.3 Å². The van der Waals surface area contributed by atoms with Gasteiger partial charge in [0.2, 0.25) is 5.91 Å². The van der Waals surface area contributed by atoms with Crippen LogP contribution in [0, 0.1) is 0 Å². The average Bonchev–Trinajstić information content (AvgIpc) is 2.87. The van der Waals surface area contributed by atoms with Gasteiger partial charge in [0.1, 0.15) is 17.9 Å². The number of carbonyl (C=O) groups is 2. The minimum Gasteiger partial charge on any atom is -0.444 e. The van der Waals surface area contributed by atoms with Crippen LogP contribution in [-0.4, -0.2) is 92.8 Å². The summed E-state index contributed by atoms with van der Waals surface area (Å²) in [5, 5.41) is 18.9.